The number of hydrogen-bond acceptors (Lipinski definition) is 5. The fraction of sp³-hybridized carbons (Fsp3) is 0.0714. The van der Waals surface area contributed by atoms with E-state index in [1.807, 2.05) is 25.1 Å². The van der Waals surface area contributed by atoms with Crippen LogP contribution in [0.2, 0.25) is 0 Å². The summed E-state index contributed by atoms with van der Waals surface area (Å²) in [6, 6.07) is 20.5. The van der Waals surface area contributed by atoms with Crippen LogP contribution in [0.5, 0.6) is 11.5 Å². The monoisotopic (exact) mass is 482 g/mol. The van der Waals surface area contributed by atoms with Crippen molar-refractivity contribution >= 4 is 16.7 Å². The largest absolute Gasteiger partial charge is 0.454 e. The standard InChI is InChI=1S/C28H23FN4O3/c1-3-27(34)31-19-7-5-8-20(15-19)32-24-12-13-30-17-25(24)33(28(32)35)21-10-11-26(23(29)16-21)36-22-9-4-6-18(2)14-22/h3-17,27,31,34H,1H2,2H3. The fourth-order valence-corrected chi connectivity index (χ4v) is 4.03. The number of fused-ring (bicyclic) bond motifs is 1. The van der Waals surface area contributed by atoms with E-state index >= 15 is 4.39 Å². The Morgan fingerprint density at radius 2 is 1.81 bits per heavy atom. The Labute approximate surface area is 206 Å². The molecule has 0 spiro atoms. The Balaban J connectivity index is 1.59. The number of nitrogens with zero attached hydrogens (tertiary/aromatic N) is 3. The Hall–Kier alpha value is -4.69. The number of ether oxygens (including phenoxy) is 1. The minimum atomic E-state index is -0.939. The molecule has 1 atom stereocenters. The van der Waals surface area contributed by atoms with Gasteiger partial charge < -0.3 is 15.2 Å². The zero-order valence-corrected chi connectivity index (χ0v) is 19.4. The molecule has 1 unspecified atom stereocenters. The highest BCUT2D eigenvalue weighted by Crippen LogP contribution is 2.28. The lowest BCUT2D eigenvalue weighted by Gasteiger charge is -2.11. The molecule has 5 aromatic rings. The topological polar surface area (TPSA) is 81.3 Å². The number of aliphatic hydroxyl groups excluding tert-OH is 1. The number of halogens is 1. The van der Waals surface area contributed by atoms with Gasteiger partial charge in [0, 0.05) is 18.0 Å². The molecule has 0 saturated heterocycles. The quantitative estimate of drug-likeness (QED) is 0.242. The molecule has 7 nitrogen and oxygen atoms in total. The van der Waals surface area contributed by atoms with Crippen molar-refractivity contribution in [3.8, 4) is 22.9 Å². The van der Waals surface area contributed by atoms with E-state index in [0.29, 0.717) is 33.8 Å². The number of aliphatic hydroxyl groups is 1. The Kier molecular flexibility index (Phi) is 6.10. The zero-order chi connectivity index (χ0) is 25.2. The summed E-state index contributed by atoms with van der Waals surface area (Å²) in [5.41, 5.74) is 3.21. The second-order valence-corrected chi connectivity index (χ2v) is 8.23. The second-order valence-electron chi connectivity index (χ2n) is 8.23. The van der Waals surface area contributed by atoms with Crippen molar-refractivity contribution in [3.05, 3.63) is 120 Å². The van der Waals surface area contributed by atoms with Crippen LogP contribution in [-0.4, -0.2) is 25.5 Å². The SMILES string of the molecule is C=CC(O)Nc1cccc(-n2c(=O)n(-c3ccc(Oc4cccc(C)c4)c(F)c3)c3cnccc32)c1. The van der Waals surface area contributed by atoms with E-state index in [4.69, 9.17) is 4.74 Å². The molecule has 8 heteroatoms. The number of aromatic nitrogens is 3. The maximum Gasteiger partial charge on any atom is 0.338 e. The lowest BCUT2D eigenvalue weighted by atomic mass is 10.2. The number of nitrogens with one attached hydrogen (secondary N) is 1. The summed E-state index contributed by atoms with van der Waals surface area (Å²) in [5, 5.41) is 12.7. The molecule has 2 aromatic heterocycles. The van der Waals surface area contributed by atoms with Gasteiger partial charge in [0.15, 0.2) is 11.6 Å². The van der Waals surface area contributed by atoms with Gasteiger partial charge in [0.1, 0.15) is 12.0 Å². The van der Waals surface area contributed by atoms with Gasteiger partial charge in [-0.15, -0.1) is 0 Å². The van der Waals surface area contributed by atoms with Crippen LogP contribution in [0.1, 0.15) is 5.56 Å². The summed E-state index contributed by atoms with van der Waals surface area (Å²) < 4.78 is 23.7. The lowest BCUT2D eigenvalue weighted by molar-refractivity contribution is 0.253. The van der Waals surface area contributed by atoms with Crippen molar-refractivity contribution in [2.24, 2.45) is 0 Å². The van der Waals surface area contributed by atoms with E-state index in [-0.39, 0.29) is 5.75 Å². The molecule has 2 N–H and O–H groups in total. The maximum absolute atomic E-state index is 15.1. The average Bonchev–Trinajstić information content (AvgIpc) is 3.17. The minimum absolute atomic E-state index is 0.0545. The number of imidazole rings is 1. The number of aryl methyl sites for hydroxylation is 1. The summed E-state index contributed by atoms with van der Waals surface area (Å²) >= 11 is 0. The molecular formula is C28H23FN4O3. The van der Waals surface area contributed by atoms with Gasteiger partial charge in [-0.25, -0.2) is 9.18 Å². The molecule has 0 bridgehead atoms. The van der Waals surface area contributed by atoms with Gasteiger partial charge in [-0.3, -0.25) is 14.1 Å². The molecule has 0 aliphatic rings. The van der Waals surface area contributed by atoms with Crippen molar-refractivity contribution in [3.63, 3.8) is 0 Å². The predicted octanol–water partition coefficient (Wildman–Crippen LogP) is 5.33. The number of rotatable bonds is 7. The molecule has 5 rings (SSSR count). The predicted molar refractivity (Wildman–Crippen MR) is 138 cm³/mol. The first-order valence-corrected chi connectivity index (χ1v) is 11.2. The average molecular weight is 483 g/mol. The summed E-state index contributed by atoms with van der Waals surface area (Å²) in [6.45, 7) is 5.48. The third-order valence-electron chi connectivity index (χ3n) is 5.68. The maximum atomic E-state index is 15.1. The van der Waals surface area contributed by atoms with E-state index in [9.17, 15) is 9.90 Å². The highest BCUT2D eigenvalue weighted by atomic mass is 19.1. The van der Waals surface area contributed by atoms with Crippen molar-refractivity contribution in [1.29, 1.82) is 0 Å². The first-order chi connectivity index (χ1) is 17.4. The highest BCUT2D eigenvalue weighted by Gasteiger charge is 2.18. The third kappa shape index (κ3) is 4.37. The second kappa shape index (κ2) is 9.52. The van der Waals surface area contributed by atoms with E-state index < -0.39 is 17.7 Å². The Bertz CT molecular complexity index is 1640. The minimum Gasteiger partial charge on any atom is -0.454 e. The van der Waals surface area contributed by atoms with Gasteiger partial charge in [0.05, 0.1) is 28.6 Å². The van der Waals surface area contributed by atoms with E-state index in [1.165, 1.54) is 27.3 Å². The molecule has 0 aliphatic carbocycles. The van der Waals surface area contributed by atoms with Gasteiger partial charge in [0.2, 0.25) is 0 Å². The molecule has 0 saturated carbocycles. The molecule has 36 heavy (non-hydrogen) atoms. The molecule has 0 fully saturated rings. The lowest BCUT2D eigenvalue weighted by Crippen LogP contribution is -2.22. The van der Waals surface area contributed by atoms with Crippen LogP contribution in [0, 0.1) is 12.7 Å². The number of anilines is 1. The Morgan fingerprint density at radius 1 is 1.03 bits per heavy atom. The van der Waals surface area contributed by atoms with Crippen molar-refractivity contribution < 1.29 is 14.2 Å². The third-order valence-corrected chi connectivity index (χ3v) is 5.68. The van der Waals surface area contributed by atoms with Crippen LogP contribution in [0.4, 0.5) is 10.1 Å². The van der Waals surface area contributed by atoms with Crippen LogP contribution in [-0.2, 0) is 0 Å². The van der Waals surface area contributed by atoms with Crippen LogP contribution >= 0.6 is 0 Å². The van der Waals surface area contributed by atoms with Crippen molar-refractivity contribution in [2.45, 2.75) is 13.2 Å². The van der Waals surface area contributed by atoms with Crippen LogP contribution in [0.15, 0.2) is 103 Å². The smallest absolute Gasteiger partial charge is 0.338 e. The number of hydrogen-bond donors (Lipinski definition) is 2. The summed E-state index contributed by atoms with van der Waals surface area (Å²) in [7, 11) is 0. The van der Waals surface area contributed by atoms with Crippen LogP contribution < -0.4 is 15.7 Å². The van der Waals surface area contributed by atoms with Gasteiger partial charge in [-0.2, -0.15) is 0 Å². The van der Waals surface area contributed by atoms with E-state index in [2.05, 4.69) is 16.9 Å². The van der Waals surface area contributed by atoms with Crippen molar-refractivity contribution in [2.75, 3.05) is 5.32 Å². The molecule has 0 amide bonds. The molecular weight excluding hydrogens is 459 g/mol. The van der Waals surface area contributed by atoms with E-state index in [1.54, 1.807) is 54.9 Å². The summed E-state index contributed by atoms with van der Waals surface area (Å²) in [4.78, 5) is 17.8. The van der Waals surface area contributed by atoms with Gasteiger partial charge in [-0.1, -0.05) is 24.8 Å². The molecule has 3 aromatic carbocycles. The van der Waals surface area contributed by atoms with Crippen LogP contribution in [0.3, 0.4) is 0 Å². The fourth-order valence-electron chi connectivity index (χ4n) is 4.03. The first-order valence-electron chi connectivity index (χ1n) is 11.2. The molecule has 180 valence electrons. The van der Waals surface area contributed by atoms with E-state index in [0.717, 1.165) is 5.56 Å². The normalized spacial score (nSPS) is 11.9. The first kappa shape index (κ1) is 23.1. The highest BCUT2D eigenvalue weighted by molar-refractivity contribution is 5.79. The van der Waals surface area contributed by atoms with Gasteiger partial charge >= 0.3 is 5.69 Å². The van der Waals surface area contributed by atoms with Crippen LogP contribution in [0.25, 0.3) is 22.4 Å². The molecule has 2 heterocycles. The summed E-state index contributed by atoms with van der Waals surface area (Å²) in [6.07, 6.45) is 3.57. The Morgan fingerprint density at radius 3 is 2.58 bits per heavy atom. The zero-order valence-electron chi connectivity index (χ0n) is 19.4. The number of benzene rings is 3. The summed E-state index contributed by atoms with van der Waals surface area (Å²) in [5.74, 6) is -0.0243. The van der Waals surface area contributed by atoms with Crippen molar-refractivity contribution in [1.82, 2.24) is 14.1 Å². The van der Waals surface area contributed by atoms with Gasteiger partial charge in [-0.05, 0) is 67.1 Å². The molecule has 0 radical (unpaired) electrons. The van der Waals surface area contributed by atoms with Gasteiger partial charge in [0.25, 0.3) is 0 Å². The molecule has 0 aliphatic heterocycles. The number of pyridine rings is 1.